The average Bonchev–Trinajstić information content (AvgIpc) is 3.47. The highest BCUT2D eigenvalue weighted by Crippen LogP contribution is 2.52. The van der Waals surface area contributed by atoms with E-state index >= 15 is 0 Å². The second-order valence-electron chi connectivity index (χ2n) is 7.71. The summed E-state index contributed by atoms with van der Waals surface area (Å²) in [6.07, 6.45) is 15.3. The molecule has 4 aliphatic rings. The molecule has 0 bridgehead atoms. The van der Waals surface area contributed by atoms with Gasteiger partial charge in [-0.15, -0.1) is 0 Å². The molecule has 4 atom stereocenters. The van der Waals surface area contributed by atoms with Gasteiger partial charge in [0.15, 0.2) is 0 Å². The zero-order chi connectivity index (χ0) is 16.6. The van der Waals surface area contributed by atoms with Gasteiger partial charge in [-0.1, -0.05) is 24.3 Å². The predicted octanol–water partition coefficient (Wildman–Crippen LogP) is 4.23. The Morgan fingerprint density at radius 2 is 2.12 bits per heavy atom. The lowest BCUT2D eigenvalue weighted by atomic mass is 9.82. The largest absolute Gasteiger partial charge is 0.473 e. The molecule has 2 fully saturated rings. The first-order valence-corrected chi connectivity index (χ1v) is 9.50. The van der Waals surface area contributed by atoms with Gasteiger partial charge < -0.3 is 14.8 Å². The lowest BCUT2D eigenvalue weighted by Gasteiger charge is -2.35. The number of hydrogen-bond donors (Lipinski definition) is 1. The van der Waals surface area contributed by atoms with Crippen molar-refractivity contribution < 1.29 is 10.9 Å². The Balaban J connectivity index is 0.00000168. The third-order valence-corrected chi connectivity index (χ3v) is 6.11. The van der Waals surface area contributed by atoms with Crippen molar-refractivity contribution in [1.29, 1.82) is 0 Å². The molecule has 2 aliphatic heterocycles. The zero-order valence-electron chi connectivity index (χ0n) is 14.4. The molecule has 0 amide bonds. The van der Waals surface area contributed by atoms with Crippen LogP contribution in [0.5, 0.6) is 0 Å². The van der Waals surface area contributed by atoms with Crippen molar-refractivity contribution in [3.05, 3.63) is 65.6 Å². The second-order valence-corrected chi connectivity index (χ2v) is 7.71. The summed E-state index contributed by atoms with van der Waals surface area (Å²) in [6, 6.07) is 6.90. The van der Waals surface area contributed by atoms with E-state index in [1.54, 1.807) is 12.5 Å². The fourth-order valence-corrected chi connectivity index (χ4v) is 4.55. The number of hydrogen-bond acceptors (Lipinski definition) is 3. The quantitative estimate of drug-likeness (QED) is 0.892. The van der Waals surface area contributed by atoms with E-state index in [9.17, 15) is 0 Å². The van der Waals surface area contributed by atoms with E-state index in [4.69, 9.17) is 9.47 Å². The Morgan fingerprint density at radius 1 is 1.20 bits per heavy atom. The summed E-state index contributed by atoms with van der Waals surface area (Å²) >= 11 is 0. The van der Waals surface area contributed by atoms with Crippen LogP contribution < -0.4 is 5.32 Å². The number of piperidine rings is 1. The molecule has 1 aromatic rings. The molecule has 1 N–H and O–H groups in total. The van der Waals surface area contributed by atoms with Crippen molar-refractivity contribution in [2.45, 2.75) is 31.5 Å². The van der Waals surface area contributed by atoms with Gasteiger partial charge in [0.1, 0.15) is 0 Å². The summed E-state index contributed by atoms with van der Waals surface area (Å²) in [5.74, 6) is 2.53. The monoisotopic (exact) mass is 337 g/mol. The molecule has 2 unspecified atom stereocenters. The maximum atomic E-state index is 6.37. The zero-order valence-corrected chi connectivity index (χ0v) is 14.4. The Hall–Kier alpha value is -1.84. The van der Waals surface area contributed by atoms with E-state index in [-0.39, 0.29) is 7.53 Å². The normalized spacial score (nSPS) is 32.8. The number of nitrogens with one attached hydrogen (secondary N) is 1. The van der Waals surface area contributed by atoms with E-state index < -0.39 is 0 Å². The molecule has 0 aromatic heterocycles. The highest BCUT2D eigenvalue weighted by Gasteiger charge is 2.39. The van der Waals surface area contributed by atoms with Crippen molar-refractivity contribution in [2.24, 2.45) is 17.8 Å². The molecule has 1 aromatic carbocycles. The van der Waals surface area contributed by atoms with Gasteiger partial charge in [-0.05, 0) is 72.0 Å². The van der Waals surface area contributed by atoms with Gasteiger partial charge in [-0.3, -0.25) is 0 Å². The average molecular weight is 337 g/mol. The molecule has 132 valence electrons. The first-order valence-electron chi connectivity index (χ1n) is 9.50. The first kappa shape index (κ1) is 15.4. The molecule has 1 saturated heterocycles. The highest BCUT2D eigenvalue weighted by atomic mass is 16.5. The molecule has 0 radical (unpaired) electrons. The standard InChI is InChI=1S/C22H25NO2.H2/c1-4-19-17(2-3-18-12-21(18)19)11-15(1)14-25-22-13-23-8-5-20(22)16-6-9-24-10-7-16;/h1-4,6-7,9-11,16,18,20-23H,5,8,12-14H2;1H/t18?,20-,21?,22+;/m1./s1. The summed E-state index contributed by atoms with van der Waals surface area (Å²) < 4.78 is 11.6. The third-order valence-electron chi connectivity index (χ3n) is 6.11. The van der Waals surface area contributed by atoms with Crippen LogP contribution in [-0.4, -0.2) is 19.2 Å². The summed E-state index contributed by atoms with van der Waals surface area (Å²) in [7, 11) is 0. The molecular formula is C22H27NO2. The molecular weight excluding hydrogens is 310 g/mol. The third kappa shape index (κ3) is 3.07. The molecule has 5 rings (SSSR count). The minimum atomic E-state index is 0. The van der Waals surface area contributed by atoms with E-state index in [0.29, 0.717) is 18.4 Å². The number of ether oxygens (including phenoxy) is 2. The van der Waals surface area contributed by atoms with Crippen LogP contribution in [0.4, 0.5) is 0 Å². The SMILES string of the molecule is C1=CC([C@H]2CCNC[C@@H]2OCc2ccc3c(c2)C=CC2CC32)C=CO1.[HH]. The van der Waals surface area contributed by atoms with Gasteiger partial charge in [0.2, 0.25) is 0 Å². The number of rotatable bonds is 4. The molecule has 3 nitrogen and oxygen atoms in total. The Labute approximate surface area is 150 Å². The van der Waals surface area contributed by atoms with E-state index in [0.717, 1.165) is 31.3 Å². The van der Waals surface area contributed by atoms with Crippen LogP contribution in [-0.2, 0) is 16.1 Å². The minimum absolute atomic E-state index is 0. The van der Waals surface area contributed by atoms with Gasteiger partial charge in [-0.25, -0.2) is 0 Å². The fourth-order valence-electron chi connectivity index (χ4n) is 4.55. The van der Waals surface area contributed by atoms with Crippen LogP contribution in [0.2, 0.25) is 0 Å². The number of allylic oxidation sites excluding steroid dienone is 3. The van der Waals surface area contributed by atoms with Crippen LogP contribution in [0.1, 0.15) is 36.9 Å². The van der Waals surface area contributed by atoms with Crippen molar-refractivity contribution in [3.8, 4) is 0 Å². The lowest BCUT2D eigenvalue weighted by Crippen LogP contribution is -2.44. The van der Waals surface area contributed by atoms with Gasteiger partial charge >= 0.3 is 0 Å². The summed E-state index contributed by atoms with van der Waals surface area (Å²) in [6.45, 7) is 2.68. The van der Waals surface area contributed by atoms with Crippen LogP contribution in [0, 0.1) is 17.8 Å². The topological polar surface area (TPSA) is 30.5 Å². The van der Waals surface area contributed by atoms with Crippen molar-refractivity contribution in [3.63, 3.8) is 0 Å². The summed E-state index contributed by atoms with van der Waals surface area (Å²) in [4.78, 5) is 0. The predicted molar refractivity (Wildman–Crippen MR) is 101 cm³/mol. The molecule has 1 saturated carbocycles. The summed E-state index contributed by atoms with van der Waals surface area (Å²) in [5, 5.41) is 3.49. The molecule has 3 heteroatoms. The van der Waals surface area contributed by atoms with Gasteiger partial charge in [-0.2, -0.15) is 0 Å². The van der Waals surface area contributed by atoms with Crippen molar-refractivity contribution >= 4 is 6.08 Å². The lowest BCUT2D eigenvalue weighted by molar-refractivity contribution is -0.0206. The fraction of sp³-hybridized carbons (Fsp3) is 0.455. The minimum Gasteiger partial charge on any atom is -0.473 e. The number of fused-ring (bicyclic) bond motifs is 3. The number of benzene rings is 1. The van der Waals surface area contributed by atoms with E-state index in [1.807, 2.05) is 0 Å². The van der Waals surface area contributed by atoms with Gasteiger partial charge in [0.25, 0.3) is 0 Å². The van der Waals surface area contributed by atoms with Crippen molar-refractivity contribution in [1.82, 2.24) is 5.32 Å². The van der Waals surface area contributed by atoms with Crippen LogP contribution in [0.25, 0.3) is 6.08 Å². The van der Waals surface area contributed by atoms with Gasteiger partial charge in [0.05, 0.1) is 25.2 Å². The van der Waals surface area contributed by atoms with Crippen LogP contribution in [0.3, 0.4) is 0 Å². The maximum absolute atomic E-state index is 6.37. The molecule has 2 aliphatic carbocycles. The maximum Gasteiger partial charge on any atom is 0.0867 e. The second kappa shape index (κ2) is 6.47. The first-order chi connectivity index (χ1) is 12.4. The smallest absolute Gasteiger partial charge is 0.0867 e. The van der Waals surface area contributed by atoms with Crippen LogP contribution in [0.15, 0.2) is 49.0 Å². The van der Waals surface area contributed by atoms with Crippen molar-refractivity contribution in [2.75, 3.05) is 13.1 Å². The van der Waals surface area contributed by atoms with Gasteiger partial charge in [0, 0.05) is 13.9 Å². The molecule has 25 heavy (non-hydrogen) atoms. The Morgan fingerprint density at radius 3 is 3.04 bits per heavy atom. The molecule has 0 spiro atoms. The van der Waals surface area contributed by atoms with E-state index in [1.165, 1.54) is 23.1 Å². The highest BCUT2D eigenvalue weighted by molar-refractivity contribution is 5.61. The summed E-state index contributed by atoms with van der Waals surface area (Å²) in [5.41, 5.74) is 4.21. The Bertz CT molecular complexity index is 730. The van der Waals surface area contributed by atoms with E-state index in [2.05, 4.69) is 47.8 Å². The van der Waals surface area contributed by atoms with Crippen LogP contribution >= 0.6 is 0 Å². The molecule has 2 heterocycles. The Kier molecular flexibility index (Phi) is 3.99.